The highest BCUT2D eigenvalue weighted by Crippen LogP contribution is 2.33. The van der Waals surface area contributed by atoms with Crippen molar-refractivity contribution in [3.63, 3.8) is 0 Å². The van der Waals surface area contributed by atoms with Gasteiger partial charge in [-0.1, -0.05) is 17.7 Å². The average Bonchev–Trinajstić information content (AvgIpc) is 2.38. The number of piperidine rings is 1. The van der Waals surface area contributed by atoms with Gasteiger partial charge in [-0.2, -0.15) is 4.31 Å². The highest BCUT2D eigenvalue weighted by atomic mass is 79.9. The van der Waals surface area contributed by atoms with Crippen molar-refractivity contribution in [2.75, 3.05) is 19.0 Å². The van der Waals surface area contributed by atoms with Crippen molar-refractivity contribution in [1.29, 1.82) is 0 Å². The van der Waals surface area contributed by atoms with Gasteiger partial charge < -0.3 is 0 Å². The molecule has 1 aliphatic heterocycles. The molecule has 19 heavy (non-hydrogen) atoms. The Kier molecular flexibility index (Phi) is 5.17. The van der Waals surface area contributed by atoms with E-state index in [2.05, 4.69) is 15.9 Å². The number of alkyl halides is 1. The van der Waals surface area contributed by atoms with Crippen LogP contribution in [0, 0.1) is 5.92 Å². The molecule has 1 aromatic carbocycles. The number of hydrogen-bond donors (Lipinski definition) is 0. The fraction of sp³-hybridized carbons (Fsp3) is 0.500. The van der Waals surface area contributed by atoms with E-state index in [1.807, 2.05) is 0 Å². The molecule has 1 aliphatic rings. The van der Waals surface area contributed by atoms with E-state index in [0.717, 1.165) is 12.8 Å². The molecule has 1 unspecified atom stereocenters. The van der Waals surface area contributed by atoms with E-state index in [9.17, 15) is 8.42 Å². The van der Waals surface area contributed by atoms with Crippen molar-refractivity contribution < 1.29 is 8.42 Å². The molecule has 0 amide bonds. The van der Waals surface area contributed by atoms with Crippen molar-refractivity contribution >= 4 is 49.2 Å². The fourth-order valence-electron chi connectivity index (χ4n) is 2.23. The van der Waals surface area contributed by atoms with Gasteiger partial charge >= 0.3 is 0 Å². The van der Waals surface area contributed by atoms with Crippen LogP contribution in [-0.2, 0) is 10.0 Å². The summed E-state index contributed by atoms with van der Waals surface area (Å²) in [5.74, 6) is 0.696. The topological polar surface area (TPSA) is 37.4 Å². The van der Waals surface area contributed by atoms with Crippen molar-refractivity contribution in [1.82, 2.24) is 4.31 Å². The van der Waals surface area contributed by atoms with Crippen LogP contribution in [0.5, 0.6) is 0 Å². The Labute approximate surface area is 132 Å². The Morgan fingerprint density at radius 1 is 1.42 bits per heavy atom. The van der Waals surface area contributed by atoms with Gasteiger partial charge in [-0.25, -0.2) is 8.42 Å². The lowest BCUT2D eigenvalue weighted by Gasteiger charge is -2.31. The second-order valence-corrected chi connectivity index (χ2v) is 8.02. The maximum atomic E-state index is 12.7. The van der Waals surface area contributed by atoms with Gasteiger partial charge in [-0.05, 0) is 46.8 Å². The summed E-state index contributed by atoms with van der Waals surface area (Å²) in [4.78, 5) is 0.145. The van der Waals surface area contributed by atoms with Gasteiger partial charge in [0.2, 0.25) is 10.0 Å². The van der Waals surface area contributed by atoms with E-state index in [-0.39, 0.29) is 15.8 Å². The van der Waals surface area contributed by atoms with Crippen LogP contribution >= 0.6 is 39.1 Å². The summed E-state index contributed by atoms with van der Waals surface area (Å²) in [6.07, 6.45) is 1.80. The lowest BCUT2D eigenvalue weighted by atomic mass is 10.0. The first-order valence-electron chi connectivity index (χ1n) is 5.97. The van der Waals surface area contributed by atoms with Gasteiger partial charge in [0.1, 0.15) is 4.90 Å². The third-order valence-electron chi connectivity index (χ3n) is 3.22. The lowest BCUT2D eigenvalue weighted by molar-refractivity contribution is 0.283. The molecule has 0 aromatic heterocycles. The minimum absolute atomic E-state index is 0.145. The molecule has 1 aromatic rings. The first-order valence-corrected chi connectivity index (χ1v) is 9.11. The number of hydrogen-bond acceptors (Lipinski definition) is 2. The molecule has 3 nitrogen and oxygen atoms in total. The van der Waals surface area contributed by atoms with E-state index >= 15 is 0 Å². The van der Waals surface area contributed by atoms with Crippen molar-refractivity contribution in [3.8, 4) is 0 Å². The van der Waals surface area contributed by atoms with E-state index in [1.54, 1.807) is 18.2 Å². The van der Waals surface area contributed by atoms with Crippen LogP contribution in [-0.4, -0.2) is 31.7 Å². The van der Waals surface area contributed by atoms with Crippen molar-refractivity contribution in [2.45, 2.75) is 17.7 Å². The second kappa shape index (κ2) is 6.31. The van der Waals surface area contributed by atoms with Crippen LogP contribution in [0.15, 0.2) is 27.6 Å². The molecule has 0 saturated carbocycles. The summed E-state index contributed by atoms with van der Waals surface area (Å²) < 4.78 is 27.3. The Morgan fingerprint density at radius 2 is 2.16 bits per heavy atom. The summed E-state index contributed by atoms with van der Waals surface area (Å²) in [5.41, 5.74) is 0. The Morgan fingerprint density at radius 3 is 2.79 bits per heavy atom. The zero-order valence-electron chi connectivity index (χ0n) is 10.2. The van der Waals surface area contributed by atoms with Crippen LogP contribution in [0.4, 0.5) is 0 Å². The zero-order valence-corrected chi connectivity index (χ0v) is 14.1. The number of rotatable bonds is 3. The summed E-state index contributed by atoms with van der Waals surface area (Å²) >= 11 is 15.2. The quantitative estimate of drug-likeness (QED) is 0.742. The fourth-order valence-corrected chi connectivity index (χ4v) is 5.71. The van der Waals surface area contributed by atoms with E-state index in [0.29, 0.717) is 23.4 Å². The van der Waals surface area contributed by atoms with Crippen LogP contribution in [0.3, 0.4) is 0 Å². The predicted octanol–water partition coefficient (Wildman–Crippen LogP) is 3.74. The van der Waals surface area contributed by atoms with E-state index in [4.69, 9.17) is 23.2 Å². The Balaban J connectivity index is 2.37. The molecule has 0 radical (unpaired) electrons. The summed E-state index contributed by atoms with van der Waals surface area (Å²) in [6, 6.07) is 4.98. The van der Waals surface area contributed by atoms with E-state index < -0.39 is 10.0 Å². The maximum Gasteiger partial charge on any atom is 0.245 e. The normalized spacial score (nSPS) is 21.5. The molecule has 2 rings (SSSR count). The van der Waals surface area contributed by atoms with E-state index in [1.165, 1.54) is 4.31 Å². The SMILES string of the molecule is O=S(=O)(c1c(Cl)cccc1Br)N1CCCC(CCl)C1. The first-order chi connectivity index (χ1) is 8.96. The van der Waals surface area contributed by atoms with Gasteiger partial charge in [0, 0.05) is 23.4 Å². The first kappa shape index (κ1) is 15.6. The lowest BCUT2D eigenvalue weighted by Crippen LogP contribution is -2.40. The molecule has 0 aliphatic carbocycles. The summed E-state index contributed by atoms with van der Waals surface area (Å²) in [5, 5.41) is 0.238. The average molecular weight is 387 g/mol. The molecule has 1 saturated heterocycles. The second-order valence-electron chi connectivity index (χ2n) is 4.58. The van der Waals surface area contributed by atoms with Crippen LogP contribution in [0.1, 0.15) is 12.8 Å². The number of nitrogens with zero attached hydrogens (tertiary/aromatic N) is 1. The van der Waals surface area contributed by atoms with Gasteiger partial charge in [0.15, 0.2) is 0 Å². The minimum atomic E-state index is -3.57. The molecule has 1 fully saturated rings. The van der Waals surface area contributed by atoms with Crippen LogP contribution in [0.2, 0.25) is 5.02 Å². The van der Waals surface area contributed by atoms with Crippen LogP contribution in [0.25, 0.3) is 0 Å². The monoisotopic (exact) mass is 385 g/mol. The van der Waals surface area contributed by atoms with Crippen molar-refractivity contribution in [3.05, 3.63) is 27.7 Å². The number of sulfonamides is 1. The smallest absolute Gasteiger partial charge is 0.207 e. The van der Waals surface area contributed by atoms with Crippen LogP contribution < -0.4 is 0 Å². The minimum Gasteiger partial charge on any atom is -0.207 e. The Hall–Kier alpha value is 0.190. The van der Waals surface area contributed by atoms with Gasteiger partial charge in [0.05, 0.1) is 5.02 Å². The maximum absolute atomic E-state index is 12.7. The third kappa shape index (κ3) is 3.27. The van der Waals surface area contributed by atoms with Gasteiger partial charge in [-0.15, -0.1) is 11.6 Å². The molecular formula is C12H14BrCl2NO2S. The number of halogens is 3. The molecule has 0 bridgehead atoms. The van der Waals surface area contributed by atoms with Gasteiger partial charge in [-0.3, -0.25) is 0 Å². The number of benzene rings is 1. The summed E-state index contributed by atoms with van der Waals surface area (Å²) in [6.45, 7) is 0.983. The largest absolute Gasteiger partial charge is 0.245 e. The molecule has 0 spiro atoms. The standard InChI is InChI=1S/C12H14BrCl2NO2S/c13-10-4-1-5-11(15)12(10)19(17,18)16-6-2-3-9(7-14)8-16/h1,4-5,9H,2-3,6-8H2. The highest BCUT2D eigenvalue weighted by molar-refractivity contribution is 9.10. The molecular weight excluding hydrogens is 373 g/mol. The Bertz CT molecular complexity index is 545. The third-order valence-corrected chi connectivity index (χ3v) is 6.97. The molecule has 1 heterocycles. The molecule has 0 N–H and O–H groups in total. The molecule has 1 atom stereocenters. The van der Waals surface area contributed by atoms with Gasteiger partial charge in [0.25, 0.3) is 0 Å². The molecule has 7 heteroatoms. The summed E-state index contributed by atoms with van der Waals surface area (Å²) in [7, 11) is -3.57. The predicted molar refractivity (Wildman–Crippen MR) is 81.4 cm³/mol. The highest BCUT2D eigenvalue weighted by Gasteiger charge is 2.32. The van der Waals surface area contributed by atoms with Crippen molar-refractivity contribution in [2.24, 2.45) is 5.92 Å². The zero-order chi connectivity index (χ0) is 14.0. The molecule has 106 valence electrons.